The van der Waals surface area contributed by atoms with E-state index in [0.29, 0.717) is 5.69 Å². The molecule has 0 saturated carbocycles. The van der Waals surface area contributed by atoms with Crippen LogP contribution in [-0.4, -0.2) is 32.8 Å². The summed E-state index contributed by atoms with van der Waals surface area (Å²) in [7, 11) is 1.64. The zero-order valence-corrected chi connectivity index (χ0v) is 14.3. The van der Waals surface area contributed by atoms with Crippen molar-refractivity contribution >= 4 is 11.7 Å². The Bertz CT molecular complexity index is 831. The van der Waals surface area contributed by atoms with Gasteiger partial charge in [0.25, 0.3) is 0 Å². The van der Waals surface area contributed by atoms with Crippen molar-refractivity contribution in [3.8, 4) is 11.3 Å². The van der Waals surface area contributed by atoms with Gasteiger partial charge in [-0.3, -0.25) is 4.68 Å². The Kier molecular flexibility index (Phi) is 3.93. The zero-order valence-electron chi connectivity index (χ0n) is 14.3. The van der Waals surface area contributed by atoms with Gasteiger partial charge in [0.05, 0.1) is 11.3 Å². The maximum absolute atomic E-state index is 13.4. The summed E-state index contributed by atoms with van der Waals surface area (Å²) in [5.74, 6) is 0. The Morgan fingerprint density at radius 2 is 1.96 bits per heavy atom. The zero-order chi connectivity index (χ0) is 18.5. The van der Waals surface area contributed by atoms with Gasteiger partial charge in [-0.1, -0.05) is 0 Å². The normalized spacial score (nSPS) is 22.1. The van der Waals surface area contributed by atoms with Crippen LogP contribution in [0.4, 0.5) is 23.7 Å². The van der Waals surface area contributed by atoms with Gasteiger partial charge in [0.2, 0.25) is 0 Å². The molecule has 2 aliphatic heterocycles. The van der Waals surface area contributed by atoms with E-state index in [2.05, 4.69) is 10.4 Å². The van der Waals surface area contributed by atoms with Gasteiger partial charge in [0.15, 0.2) is 0 Å². The molecule has 2 atom stereocenters. The molecule has 4 rings (SSSR count). The van der Waals surface area contributed by atoms with Crippen LogP contribution >= 0.6 is 0 Å². The van der Waals surface area contributed by atoms with Crippen LogP contribution in [0.3, 0.4) is 0 Å². The molecule has 2 unspecified atom stereocenters. The standard InChI is InChI=1S/C18H19F3N4O/c1-24-8-7-16(23-24)14-9-11(5-6-15(14)18(19,20)21)22-17(26)25-12-3-2-4-13(25)10-12/h5-9,12-13H,2-4,10H2,1H3,(H,22,26). The van der Waals surface area contributed by atoms with Crippen LogP contribution < -0.4 is 5.32 Å². The van der Waals surface area contributed by atoms with Gasteiger partial charge < -0.3 is 10.2 Å². The third-order valence-corrected chi connectivity index (χ3v) is 5.21. The minimum atomic E-state index is -4.50. The summed E-state index contributed by atoms with van der Waals surface area (Å²) >= 11 is 0. The first kappa shape index (κ1) is 16.9. The number of rotatable bonds is 2. The van der Waals surface area contributed by atoms with Gasteiger partial charge in [0, 0.05) is 36.6 Å². The fourth-order valence-electron chi connectivity index (χ4n) is 3.96. The summed E-state index contributed by atoms with van der Waals surface area (Å²) < 4.78 is 41.5. The van der Waals surface area contributed by atoms with Crippen molar-refractivity contribution in [3.63, 3.8) is 0 Å². The molecule has 0 spiro atoms. The van der Waals surface area contributed by atoms with E-state index in [4.69, 9.17) is 0 Å². The molecule has 1 aromatic heterocycles. The highest BCUT2D eigenvalue weighted by Crippen LogP contribution is 2.40. The molecule has 138 valence electrons. The molecule has 2 bridgehead atoms. The molecular weight excluding hydrogens is 345 g/mol. The lowest BCUT2D eigenvalue weighted by Gasteiger charge is -2.52. The number of anilines is 1. The quantitative estimate of drug-likeness (QED) is 0.865. The first-order chi connectivity index (χ1) is 12.3. The molecular formula is C18H19F3N4O. The van der Waals surface area contributed by atoms with E-state index in [1.807, 2.05) is 4.90 Å². The smallest absolute Gasteiger partial charge is 0.318 e. The van der Waals surface area contributed by atoms with Crippen LogP contribution in [0.2, 0.25) is 0 Å². The maximum Gasteiger partial charge on any atom is 0.417 e. The van der Waals surface area contributed by atoms with E-state index in [9.17, 15) is 18.0 Å². The van der Waals surface area contributed by atoms with Crippen molar-refractivity contribution in [1.29, 1.82) is 0 Å². The predicted molar refractivity (Wildman–Crippen MR) is 90.5 cm³/mol. The Labute approximate surface area is 148 Å². The van der Waals surface area contributed by atoms with Crippen LogP contribution in [0.25, 0.3) is 11.3 Å². The van der Waals surface area contributed by atoms with Crippen LogP contribution in [0.15, 0.2) is 30.5 Å². The Hall–Kier alpha value is -2.51. The number of aryl methyl sites for hydroxylation is 1. The highest BCUT2D eigenvalue weighted by Gasteiger charge is 2.44. The lowest BCUT2D eigenvalue weighted by atomic mass is 9.80. The number of nitrogens with zero attached hydrogens (tertiary/aromatic N) is 3. The number of benzene rings is 1. The number of urea groups is 1. The van der Waals surface area contributed by atoms with Crippen molar-refractivity contribution in [3.05, 3.63) is 36.0 Å². The van der Waals surface area contributed by atoms with Crippen molar-refractivity contribution in [2.24, 2.45) is 7.05 Å². The SMILES string of the molecule is Cn1ccc(-c2cc(NC(=O)N3C4CCCC3C4)ccc2C(F)(F)F)n1. The van der Waals surface area contributed by atoms with Gasteiger partial charge >= 0.3 is 12.2 Å². The van der Waals surface area contributed by atoms with E-state index in [-0.39, 0.29) is 29.4 Å². The van der Waals surface area contributed by atoms with Gasteiger partial charge in [-0.05, 0) is 49.9 Å². The number of piperidine rings is 1. The third-order valence-electron chi connectivity index (χ3n) is 5.21. The largest absolute Gasteiger partial charge is 0.417 e. The molecule has 2 aliphatic rings. The molecule has 2 amide bonds. The van der Waals surface area contributed by atoms with Crippen LogP contribution in [0.1, 0.15) is 31.2 Å². The molecule has 0 aliphatic carbocycles. The number of nitrogens with one attached hydrogen (secondary N) is 1. The molecule has 2 saturated heterocycles. The predicted octanol–water partition coefficient (Wildman–Crippen LogP) is 4.26. The van der Waals surface area contributed by atoms with E-state index >= 15 is 0 Å². The number of hydrogen-bond donors (Lipinski definition) is 1. The van der Waals surface area contributed by atoms with Gasteiger partial charge in [0.1, 0.15) is 0 Å². The summed E-state index contributed by atoms with van der Waals surface area (Å²) in [6, 6.07) is 5.45. The minimum absolute atomic E-state index is 0.0419. The molecule has 1 N–H and O–H groups in total. The van der Waals surface area contributed by atoms with Crippen molar-refractivity contribution in [2.75, 3.05) is 5.32 Å². The highest BCUT2D eigenvalue weighted by molar-refractivity contribution is 5.91. The average Bonchev–Trinajstić information content (AvgIpc) is 3.00. The Morgan fingerprint density at radius 3 is 2.54 bits per heavy atom. The number of carbonyl (C=O) groups excluding carboxylic acids is 1. The number of alkyl halides is 3. The summed E-state index contributed by atoms with van der Waals surface area (Å²) in [4.78, 5) is 14.3. The summed E-state index contributed by atoms with van der Waals surface area (Å²) in [6.07, 6.45) is 1.24. The highest BCUT2D eigenvalue weighted by atomic mass is 19.4. The van der Waals surface area contributed by atoms with Crippen molar-refractivity contribution in [2.45, 2.75) is 43.9 Å². The molecule has 26 heavy (non-hydrogen) atoms. The molecule has 2 aromatic rings. The molecule has 8 heteroatoms. The molecule has 1 aromatic carbocycles. The van der Waals surface area contributed by atoms with E-state index in [0.717, 1.165) is 31.7 Å². The average molecular weight is 364 g/mol. The monoisotopic (exact) mass is 364 g/mol. The lowest BCUT2D eigenvalue weighted by Crippen LogP contribution is -2.62. The number of aromatic nitrogens is 2. The van der Waals surface area contributed by atoms with Gasteiger partial charge in [-0.25, -0.2) is 4.79 Å². The molecule has 3 heterocycles. The van der Waals surface area contributed by atoms with Crippen LogP contribution in [0, 0.1) is 0 Å². The third kappa shape index (κ3) is 2.93. The first-order valence-electron chi connectivity index (χ1n) is 8.63. The fraction of sp³-hybridized carbons (Fsp3) is 0.444. The minimum Gasteiger partial charge on any atom is -0.318 e. The van der Waals surface area contributed by atoms with E-state index in [1.165, 1.54) is 22.9 Å². The van der Waals surface area contributed by atoms with Crippen molar-refractivity contribution < 1.29 is 18.0 Å². The van der Waals surface area contributed by atoms with E-state index in [1.54, 1.807) is 13.2 Å². The van der Waals surface area contributed by atoms with Crippen molar-refractivity contribution in [1.82, 2.24) is 14.7 Å². The second-order valence-corrected chi connectivity index (χ2v) is 6.94. The number of carbonyl (C=O) groups is 1. The van der Waals surface area contributed by atoms with Crippen LogP contribution in [0.5, 0.6) is 0 Å². The number of hydrogen-bond acceptors (Lipinski definition) is 2. The summed E-state index contributed by atoms with van der Waals surface area (Å²) in [6.45, 7) is 0. The fourth-order valence-corrected chi connectivity index (χ4v) is 3.96. The first-order valence-corrected chi connectivity index (χ1v) is 8.63. The summed E-state index contributed by atoms with van der Waals surface area (Å²) in [5, 5.41) is 6.83. The number of amides is 2. The molecule has 2 fully saturated rings. The van der Waals surface area contributed by atoms with Gasteiger partial charge in [-0.2, -0.15) is 18.3 Å². The Morgan fingerprint density at radius 1 is 1.23 bits per heavy atom. The second kappa shape index (κ2) is 6.03. The maximum atomic E-state index is 13.4. The summed E-state index contributed by atoms with van der Waals surface area (Å²) in [5.41, 5.74) is -0.250. The topological polar surface area (TPSA) is 50.2 Å². The molecule has 0 radical (unpaired) electrons. The second-order valence-electron chi connectivity index (χ2n) is 6.94. The molecule has 5 nitrogen and oxygen atoms in total. The van der Waals surface area contributed by atoms with Gasteiger partial charge in [-0.15, -0.1) is 0 Å². The lowest BCUT2D eigenvalue weighted by molar-refractivity contribution is -0.137. The number of halogens is 3. The Balaban J connectivity index is 1.62. The van der Waals surface area contributed by atoms with Crippen LogP contribution in [-0.2, 0) is 13.2 Å². The number of fused-ring (bicyclic) bond motifs is 2. The van der Waals surface area contributed by atoms with E-state index < -0.39 is 11.7 Å².